The van der Waals surface area contributed by atoms with Gasteiger partial charge in [-0.2, -0.15) is 0 Å². The van der Waals surface area contributed by atoms with Gasteiger partial charge in [-0.3, -0.25) is 4.79 Å². The van der Waals surface area contributed by atoms with E-state index in [0.29, 0.717) is 12.7 Å². The summed E-state index contributed by atoms with van der Waals surface area (Å²) in [7, 11) is 1.83. The van der Waals surface area contributed by atoms with Crippen molar-refractivity contribution in [1.29, 1.82) is 0 Å². The number of carbonyl (C=O) groups is 1. The molecule has 1 aromatic carbocycles. The molecule has 2 heterocycles. The Bertz CT molecular complexity index is 455. The number of nitrogens with zero attached hydrogens (tertiary/aromatic N) is 1. The van der Waals surface area contributed by atoms with Crippen molar-refractivity contribution >= 4 is 5.91 Å². The Hall–Kier alpha value is -1.39. The fourth-order valence-corrected chi connectivity index (χ4v) is 2.18. The van der Waals surface area contributed by atoms with E-state index in [1.54, 1.807) is 4.90 Å². The summed E-state index contributed by atoms with van der Waals surface area (Å²) in [6, 6.07) is 6.05. The van der Waals surface area contributed by atoms with Gasteiger partial charge in [0.1, 0.15) is 0 Å². The van der Waals surface area contributed by atoms with Gasteiger partial charge in [-0.1, -0.05) is 12.1 Å². The third kappa shape index (κ3) is 1.94. The first-order chi connectivity index (χ1) is 8.24. The fraction of sp³-hybridized carbons (Fsp3) is 0.462. The molecule has 0 unspecified atom stereocenters. The Kier molecular flexibility index (Phi) is 2.61. The van der Waals surface area contributed by atoms with Gasteiger partial charge in [-0.05, 0) is 17.2 Å². The Morgan fingerprint density at radius 2 is 2.29 bits per heavy atom. The van der Waals surface area contributed by atoms with Crippen LogP contribution in [0.1, 0.15) is 21.5 Å². The maximum absolute atomic E-state index is 11.8. The van der Waals surface area contributed by atoms with Crippen LogP contribution in [-0.4, -0.2) is 37.0 Å². The van der Waals surface area contributed by atoms with Gasteiger partial charge in [0.05, 0.1) is 12.7 Å². The zero-order valence-electron chi connectivity index (χ0n) is 9.90. The molecule has 3 rings (SSSR count). The smallest absolute Gasteiger partial charge is 0.254 e. The molecule has 0 spiro atoms. The average molecular weight is 232 g/mol. The van der Waals surface area contributed by atoms with Crippen molar-refractivity contribution in [3.05, 3.63) is 34.9 Å². The van der Waals surface area contributed by atoms with Gasteiger partial charge in [0.2, 0.25) is 0 Å². The van der Waals surface area contributed by atoms with E-state index in [1.807, 2.05) is 19.2 Å². The minimum atomic E-state index is 0.118. The van der Waals surface area contributed by atoms with Crippen LogP contribution >= 0.6 is 0 Å². The van der Waals surface area contributed by atoms with Crippen molar-refractivity contribution in [1.82, 2.24) is 10.2 Å². The number of ether oxygens (including phenoxy) is 1. The average Bonchev–Trinajstić information content (AvgIpc) is 2.53. The van der Waals surface area contributed by atoms with E-state index in [-0.39, 0.29) is 5.91 Å². The molecule has 1 saturated heterocycles. The summed E-state index contributed by atoms with van der Waals surface area (Å²) in [4.78, 5) is 13.6. The first kappa shape index (κ1) is 10.7. The molecule has 0 aliphatic carbocycles. The van der Waals surface area contributed by atoms with Crippen molar-refractivity contribution in [3.8, 4) is 0 Å². The highest BCUT2D eigenvalue weighted by atomic mass is 16.5. The van der Waals surface area contributed by atoms with E-state index < -0.39 is 0 Å². The van der Waals surface area contributed by atoms with Gasteiger partial charge in [0, 0.05) is 32.2 Å². The molecule has 0 radical (unpaired) electrons. The summed E-state index contributed by atoms with van der Waals surface area (Å²) in [5.41, 5.74) is 3.03. The standard InChI is InChI=1S/C13H16N2O2/c1-15-7-10-3-2-9(4-12(10)13(15)16)8-17-11-5-14-6-11/h2-4,11,14H,5-8H2,1H3. The van der Waals surface area contributed by atoms with Crippen molar-refractivity contribution in [3.63, 3.8) is 0 Å². The van der Waals surface area contributed by atoms with Crippen LogP contribution in [-0.2, 0) is 17.9 Å². The van der Waals surface area contributed by atoms with E-state index in [9.17, 15) is 4.79 Å². The van der Waals surface area contributed by atoms with Gasteiger partial charge in [0.25, 0.3) is 5.91 Å². The molecular weight excluding hydrogens is 216 g/mol. The Balaban J connectivity index is 1.72. The fourth-order valence-electron chi connectivity index (χ4n) is 2.18. The van der Waals surface area contributed by atoms with Crippen molar-refractivity contribution in [2.75, 3.05) is 20.1 Å². The predicted octanol–water partition coefficient (Wildman–Crippen LogP) is 0.761. The molecule has 4 heteroatoms. The van der Waals surface area contributed by atoms with E-state index in [2.05, 4.69) is 11.4 Å². The molecule has 90 valence electrons. The predicted molar refractivity (Wildman–Crippen MR) is 63.7 cm³/mol. The second-order valence-corrected chi connectivity index (χ2v) is 4.74. The molecule has 17 heavy (non-hydrogen) atoms. The van der Waals surface area contributed by atoms with Crippen LogP contribution < -0.4 is 5.32 Å². The molecular formula is C13H16N2O2. The van der Waals surface area contributed by atoms with Crippen LogP contribution in [0.5, 0.6) is 0 Å². The van der Waals surface area contributed by atoms with Crippen molar-refractivity contribution < 1.29 is 9.53 Å². The van der Waals surface area contributed by atoms with Gasteiger partial charge in [-0.15, -0.1) is 0 Å². The summed E-state index contributed by atoms with van der Waals surface area (Å²) < 4.78 is 5.70. The van der Waals surface area contributed by atoms with Crippen LogP contribution in [0.25, 0.3) is 0 Å². The summed E-state index contributed by atoms with van der Waals surface area (Å²) in [6.07, 6.45) is 0.335. The summed E-state index contributed by atoms with van der Waals surface area (Å²) in [5.74, 6) is 0.118. The van der Waals surface area contributed by atoms with Crippen LogP contribution in [0.2, 0.25) is 0 Å². The zero-order chi connectivity index (χ0) is 11.8. The molecule has 4 nitrogen and oxygen atoms in total. The molecule has 2 aliphatic heterocycles. The molecule has 1 aromatic rings. The number of nitrogens with one attached hydrogen (secondary N) is 1. The van der Waals surface area contributed by atoms with Crippen LogP contribution in [0.15, 0.2) is 18.2 Å². The number of hydrogen-bond acceptors (Lipinski definition) is 3. The lowest BCUT2D eigenvalue weighted by Gasteiger charge is -2.27. The summed E-state index contributed by atoms with van der Waals surface area (Å²) in [6.45, 7) is 3.19. The molecule has 1 N–H and O–H groups in total. The number of benzene rings is 1. The lowest BCUT2D eigenvalue weighted by atomic mass is 10.1. The minimum absolute atomic E-state index is 0.118. The topological polar surface area (TPSA) is 41.6 Å². The lowest BCUT2D eigenvalue weighted by molar-refractivity contribution is 0.00757. The van der Waals surface area contributed by atoms with E-state index >= 15 is 0 Å². The molecule has 1 fully saturated rings. The van der Waals surface area contributed by atoms with Crippen LogP contribution in [0, 0.1) is 0 Å². The van der Waals surface area contributed by atoms with Gasteiger partial charge >= 0.3 is 0 Å². The number of carbonyl (C=O) groups excluding carboxylic acids is 1. The summed E-state index contributed by atoms with van der Waals surface area (Å²) in [5, 5.41) is 3.17. The van der Waals surface area contributed by atoms with E-state index in [1.165, 1.54) is 0 Å². The molecule has 2 aliphatic rings. The van der Waals surface area contributed by atoms with Crippen molar-refractivity contribution in [2.24, 2.45) is 0 Å². The second kappa shape index (κ2) is 4.13. The third-order valence-corrected chi connectivity index (χ3v) is 3.39. The molecule has 0 atom stereocenters. The highest BCUT2D eigenvalue weighted by Crippen LogP contribution is 2.23. The Labute approximate surface area is 101 Å². The first-order valence-corrected chi connectivity index (χ1v) is 5.93. The Morgan fingerprint density at radius 3 is 3.00 bits per heavy atom. The quantitative estimate of drug-likeness (QED) is 0.836. The second-order valence-electron chi connectivity index (χ2n) is 4.74. The first-order valence-electron chi connectivity index (χ1n) is 5.93. The number of hydrogen-bond donors (Lipinski definition) is 1. The highest BCUT2D eigenvalue weighted by Gasteiger charge is 2.24. The molecule has 0 bridgehead atoms. The number of amides is 1. The maximum atomic E-state index is 11.8. The number of fused-ring (bicyclic) bond motifs is 1. The zero-order valence-corrected chi connectivity index (χ0v) is 9.90. The van der Waals surface area contributed by atoms with E-state index in [4.69, 9.17) is 4.74 Å². The molecule has 0 saturated carbocycles. The molecule has 1 amide bonds. The Morgan fingerprint density at radius 1 is 1.47 bits per heavy atom. The molecule has 0 aromatic heterocycles. The SMILES string of the molecule is CN1Cc2ccc(COC3CNC3)cc2C1=O. The van der Waals surface area contributed by atoms with Gasteiger partial charge in [-0.25, -0.2) is 0 Å². The van der Waals surface area contributed by atoms with Crippen molar-refractivity contribution in [2.45, 2.75) is 19.3 Å². The van der Waals surface area contributed by atoms with Crippen LogP contribution in [0.3, 0.4) is 0 Å². The summed E-state index contributed by atoms with van der Waals surface area (Å²) >= 11 is 0. The van der Waals surface area contributed by atoms with Gasteiger partial charge in [0.15, 0.2) is 0 Å². The highest BCUT2D eigenvalue weighted by molar-refractivity contribution is 5.98. The van der Waals surface area contributed by atoms with E-state index in [0.717, 1.165) is 36.3 Å². The van der Waals surface area contributed by atoms with Crippen LogP contribution in [0.4, 0.5) is 0 Å². The minimum Gasteiger partial charge on any atom is -0.371 e. The largest absolute Gasteiger partial charge is 0.371 e. The monoisotopic (exact) mass is 232 g/mol. The maximum Gasteiger partial charge on any atom is 0.254 e. The van der Waals surface area contributed by atoms with Gasteiger partial charge < -0.3 is 15.0 Å². The third-order valence-electron chi connectivity index (χ3n) is 3.39. The number of rotatable bonds is 3. The lowest BCUT2D eigenvalue weighted by Crippen LogP contribution is -2.48. The normalized spacial score (nSPS) is 19.4.